The number of benzene rings is 1. The lowest BCUT2D eigenvalue weighted by molar-refractivity contribution is -0.165. The van der Waals surface area contributed by atoms with Crippen LogP contribution in [0.1, 0.15) is 59.4 Å². The number of hydrogen-bond donors (Lipinski definition) is 1. The molecule has 1 aliphatic rings. The highest BCUT2D eigenvalue weighted by Crippen LogP contribution is 2.24. The molecule has 0 aliphatic carbocycles. The molecule has 1 N–H and O–H groups in total. The third-order valence-electron chi connectivity index (χ3n) is 5.53. The quantitative estimate of drug-likeness (QED) is 0.711. The molecule has 0 aromatic heterocycles. The van der Waals surface area contributed by atoms with Gasteiger partial charge in [0.25, 0.3) is 5.91 Å². The van der Waals surface area contributed by atoms with Crippen molar-refractivity contribution in [1.82, 2.24) is 10.2 Å². The van der Waals surface area contributed by atoms with Gasteiger partial charge in [0, 0.05) is 12.1 Å². The molecule has 6 heteroatoms. The van der Waals surface area contributed by atoms with Gasteiger partial charge in [-0.15, -0.1) is 0 Å². The van der Waals surface area contributed by atoms with E-state index in [-0.39, 0.29) is 36.2 Å². The van der Waals surface area contributed by atoms with E-state index >= 15 is 0 Å². The summed E-state index contributed by atoms with van der Waals surface area (Å²) in [6.07, 6.45) is 2.33. The number of amides is 2. The lowest BCUT2D eigenvalue weighted by atomic mass is 9.97. The van der Waals surface area contributed by atoms with Gasteiger partial charge in [0.1, 0.15) is 6.04 Å². The first-order chi connectivity index (χ1) is 13.7. The number of carbonyl (C=O) groups is 3. The zero-order valence-corrected chi connectivity index (χ0v) is 18.2. The van der Waals surface area contributed by atoms with Gasteiger partial charge in [-0.1, -0.05) is 44.2 Å². The Bertz CT molecular complexity index is 694. The Morgan fingerprint density at radius 3 is 2.21 bits per heavy atom. The molecule has 0 saturated carbocycles. The Kier molecular flexibility index (Phi) is 8.23. The first kappa shape index (κ1) is 22.9. The van der Waals surface area contributed by atoms with E-state index in [1.54, 1.807) is 6.92 Å². The van der Waals surface area contributed by atoms with Crippen molar-refractivity contribution in [3.8, 4) is 0 Å². The predicted molar refractivity (Wildman–Crippen MR) is 112 cm³/mol. The zero-order valence-electron chi connectivity index (χ0n) is 18.2. The second-order valence-corrected chi connectivity index (χ2v) is 8.41. The van der Waals surface area contributed by atoms with Gasteiger partial charge in [-0.05, 0) is 51.5 Å². The Balaban J connectivity index is 1.97. The fourth-order valence-corrected chi connectivity index (χ4v) is 3.87. The van der Waals surface area contributed by atoms with Crippen molar-refractivity contribution in [2.24, 2.45) is 5.92 Å². The average molecular weight is 403 g/mol. The van der Waals surface area contributed by atoms with Crippen molar-refractivity contribution < 1.29 is 19.1 Å². The highest BCUT2D eigenvalue weighted by Gasteiger charge is 2.35. The molecule has 29 heavy (non-hydrogen) atoms. The minimum atomic E-state index is -0.877. The average Bonchev–Trinajstić information content (AvgIpc) is 2.66. The molecule has 1 aliphatic heterocycles. The van der Waals surface area contributed by atoms with E-state index in [2.05, 4.69) is 5.32 Å². The van der Waals surface area contributed by atoms with Crippen LogP contribution in [0.4, 0.5) is 0 Å². The van der Waals surface area contributed by atoms with E-state index in [4.69, 9.17) is 4.74 Å². The molecule has 1 aromatic carbocycles. The van der Waals surface area contributed by atoms with Crippen molar-refractivity contribution in [2.75, 3.05) is 0 Å². The summed E-state index contributed by atoms with van der Waals surface area (Å²) >= 11 is 0. The monoisotopic (exact) mass is 402 g/mol. The summed E-state index contributed by atoms with van der Waals surface area (Å²) in [5.74, 6) is -1.14. The summed E-state index contributed by atoms with van der Waals surface area (Å²) in [5.41, 5.74) is 0.873. The second-order valence-electron chi connectivity index (χ2n) is 8.41. The van der Waals surface area contributed by atoms with Crippen LogP contribution < -0.4 is 5.32 Å². The fourth-order valence-electron chi connectivity index (χ4n) is 3.87. The van der Waals surface area contributed by atoms with Crippen molar-refractivity contribution in [3.63, 3.8) is 0 Å². The van der Waals surface area contributed by atoms with E-state index in [0.29, 0.717) is 0 Å². The van der Waals surface area contributed by atoms with Crippen molar-refractivity contribution in [3.05, 3.63) is 35.9 Å². The fraction of sp³-hybridized carbons (Fsp3) is 0.609. The van der Waals surface area contributed by atoms with E-state index in [1.807, 2.05) is 62.9 Å². The molecule has 6 nitrogen and oxygen atoms in total. The van der Waals surface area contributed by atoms with Crippen LogP contribution in [-0.2, 0) is 25.5 Å². The smallest absolute Gasteiger partial charge is 0.329 e. The number of nitrogens with one attached hydrogen (secondary N) is 1. The molecule has 0 spiro atoms. The van der Waals surface area contributed by atoms with Gasteiger partial charge in [-0.25, -0.2) is 4.79 Å². The third kappa shape index (κ3) is 6.31. The maximum absolute atomic E-state index is 12.9. The molecule has 2 amide bonds. The summed E-state index contributed by atoms with van der Waals surface area (Å²) in [4.78, 5) is 39.8. The summed E-state index contributed by atoms with van der Waals surface area (Å²) in [7, 11) is 0. The van der Waals surface area contributed by atoms with Crippen LogP contribution >= 0.6 is 0 Å². The lowest BCUT2D eigenvalue weighted by Crippen LogP contribution is -2.53. The SMILES string of the molecule is CC(C)[C@H](NC(=O)Cc1ccccc1)C(=O)O[C@H](C)C(=O)N1[C@@H](C)CCC[C@@H]1C. The van der Waals surface area contributed by atoms with Gasteiger partial charge in [-0.3, -0.25) is 9.59 Å². The number of likely N-dealkylation sites (tertiary alicyclic amines) is 1. The molecular weight excluding hydrogens is 368 g/mol. The summed E-state index contributed by atoms with van der Waals surface area (Å²) in [6.45, 7) is 9.36. The van der Waals surface area contributed by atoms with E-state index in [0.717, 1.165) is 24.8 Å². The van der Waals surface area contributed by atoms with Crippen molar-refractivity contribution >= 4 is 17.8 Å². The van der Waals surface area contributed by atoms with Crippen LogP contribution in [0.15, 0.2) is 30.3 Å². The highest BCUT2D eigenvalue weighted by atomic mass is 16.5. The summed E-state index contributed by atoms with van der Waals surface area (Å²) in [5, 5.41) is 2.77. The van der Waals surface area contributed by atoms with Gasteiger partial charge in [0.15, 0.2) is 6.10 Å². The van der Waals surface area contributed by atoms with Crippen LogP contribution in [0, 0.1) is 5.92 Å². The molecule has 1 saturated heterocycles. The zero-order chi connectivity index (χ0) is 21.6. The number of piperidine rings is 1. The van der Waals surface area contributed by atoms with Crippen LogP contribution in [0.2, 0.25) is 0 Å². The Labute approximate surface area is 174 Å². The molecule has 0 unspecified atom stereocenters. The van der Waals surface area contributed by atoms with Gasteiger partial charge in [0.05, 0.1) is 6.42 Å². The molecular formula is C23H34N2O4. The van der Waals surface area contributed by atoms with Crippen LogP contribution in [0.3, 0.4) is 0 Å². The number of ether oxygens (including phenoxy) is 1. The van der Waals surface area contributed by atoms with Crippen molar-refractivity contribution in [2.45, 2.75) is 84.5 Å². The van der Waals surface area contributed by atoms with Gasteiger partial charge in [0.2, 0.25) is 5.91 Å². The van der Waals surface area contributed by atoms with E-state index in [9.17, 15) is 14.4 Å². The Morgan fingerprint density at radius 1 is 1.07 bits per heavy atom. The molecule has 2 rings (SSSR count). The largest absolute Gasteiger partial charge is 0.451 e. The van der Waals surface area contributed by atoms with Crippen LogP contribution in [-0.4, -0.2) is 46.9 Å². The Hall–Kier alpha value is -2.37. The minimum Gasteiger partial charge on any atom is -0.451 e. The lowest BCUT2D eigenvalue weighted by Gasteiger charge is -2.40. The molecule has 0 radical (unpaired) electrons. The predicted octanol–water partition coefficient (Wildman–Crippen LogP) is 3.09. The van der Waals surface area contributed by atoms with Gasteiger partial charge in [-0.2, -0.15) is 0 Å². The number of esters is 1. The first-order valence-electron chi connectivity index (χ1n) is 10.6. The van der Waals surface area contributed by atoms with Crippen LogP contribution in [0.5, 0.6) is 0 Å². The minimum absolute atomic E-state index is 0.138. The van der Waals surface area contributed by atoms with E-state index in [1.165, 1.54) is 0 Å². The molecule has 1 heterocycles. The van der Waals surface area contributed by atoms with Gasteiger partial charge < -0.3 is 15.0 Å². The first-order valence-corrected chi connectivity index (χ1v) is 10.6. The van der Waals surface area contributed by atoms with Crippen LogP contribution in [0.25, 0.3) is 0 Å². The second kappa shape index (κ2) is 10.4. The molecule has 0 bridgehead atoms. The molecule has 1 aromatic rings. The highest BCUT2D eigenvalue weighted by molar-refractivity contribution is 5.88. The maximum atomic E-state index is 12.9. The normalized spacial score (nSPS) is 21.4. The van der Waals surface area contributed by atoms with Crippen molar-refractivity contribution in [1.29, 1.82) is 0 Å². The van der Waals surface area contributed by atoms with Gasteiger partial charge >= 0.3 is 5.97 Å². The number of rotatable bonds is 7. The Morgan fingerprint density at radius 2 is 1.66 bits per heavy atom. The molecule has 160 valence electrons. The summed E-state index contributed by atoms with van der Waals surface area (Å²) in [6, 6.07) is 8.83. The third-order valence-corrected chi connectivity index (χ3v) is 5.53. The number of hydrogen-bond acceptors (Lipinski definition) is 4. The number of nitrogens with zero attached hydrogens (tertiary/aromatic N) is 1. The van der Waals surface area contributed by atoms with E-state index < -0.39 is 18.1 Å². The number of carbonyl (C=O) groups excluding carboxylic acids is 3. The summed E-state index contributed by atoms with van der Waals surface area (Å²) < 4.78 is 5.49. The molecule has 4 atom stereocenters. The molecule has 1 fully saturated rings. The topological polar surface area (TPSA) is 75.7 Å². The maximum Gasteiger partial charge on any atom is 0.329 e. The standard InChI is InChI=1S/C23H34N2O4/c1-15(2)21(24-20(26)14-19-12-7-6-8-13-19)23(28)29-18(5)22(27)25-16(3)10-9-11-17(25)4/h6-8,12-13,15-18,21H,9-11,14H2,1-5H3,(H,24,26)/t16-,17-,18+,21-/m0/s1.